The Bertz CT molecular complexity index is 350. The van der Waals surface area contributed by atoms with Crippen molar-refractivity contribution in [2.45, 2.75) is 13.0 Å². The van der Waals surface area contributed by atoms with Crippen LogP contribution in [0.5, 0.6) is 0 Å². The molecule has 0 fully saturated rings. The van der Waals surface area contributed by atoms with Crippen molar-refractivity contribution in [3.8, 4) is 0 Å². The van der Waals surface area contributed by atoms with E-state index in [9.17, 15) is 4.79 Å². The van der Waals surface area contributed by atoms with Gasteiger partial charge in [0, 0.05) is 12.6 Å². The number of carboxylic acids is 1. The van der Waals surface area contributed by atoms with Gasteiger partial charge in [0.15, 0.2) is 5.69 Å². The Kier molecular flexibility index (Phi) is 4.19. The Morgan fingerprint density at radius 2 is 2.19 bits per heavy atom. The number of hydrogen-bond donors (Lipinski definition) is 2. The molecule has 1 heterocycles. The zero-order valence-electron chi connectivity index (χ0n) is 9.64. The van der Waals surface area contributed by atoms with Crippen LogP contribution in [0.4, 0.5) is 5.82 Å². The molecule has 0 aliphatic rings. The first-order valence-corrected chi connectivity index (χ1v) is 4.97. The predicted molar refractivity (Wildman–Crippen MR) is 60.6 cm³/mol. The van der Waals surface area contributed by atoms with Crippen LogP contribution in [0.2, 0.25) is 0 Å². The fraction of sp³-hybridized carbons (Fsp3) is 0.500. The summed E-state index contributed by atoms with van der Waals surface area (Å²) in [6.07, 6.45) is 0. The highest BCUT2D eigenvalue weighted by atomic mass is 16.4. The van der Waals surface area contributed by atoms with E-state index in [4.69, 9.17) is 5.11 Å². The molecule has 6 heteroatoms. The van der Waals surface area contributed by atoms with Gasteiger partial charge in [0.1, 0.15) is 5.82 Å². The van der Waals surface area contributed by atoms with Crippen LogP contribution in [-0.2, 0) is 0 Å². The molecule has 1 rings (SSSR count). The van der Waals surface area contributed by atoms with Crippen LogP contribution in [-0.4, -0.2) is 52.9 Å². The van der Waals surface area contributed by atoms with Crippen LogP contribution in [0.3, 0.4) is 0 Å². The highest BCUT2D eigenvalue weighted by Crippen LogP contribution is 2.04. The van der Waals surface area contributed by atoms with E-state index in [1.807, 2.05) is 21.0 Å². The maximum Gasteiger partial charge on any atom is 0.356 e. The van der Waals surface area contributed by atoms with Gasteiger partial charge in [0.25, 0.3) is 0 Å². The molecule has 0 spiro atoms. The number of rotatable bonds is 5. The summed E-state index contributed by atoms with van der Waals surface area (Å²) < 4.78 is 0. The third kappa shape index (κ3) is 3.82. The average Bonchev–Trinajstić information content (AvgIpc) is 2.16. The molecule has 88 valence electrons. The Balaban J connectivity index is 2.58. The van der Waals surface area contributed by atoms with Gasteiger partial charge in [-0.1, -0.05) is 0 Å². The number of anilines is 1. The van der Waals surface area contributed by atoms with Crippen molar-refractivity contribution in [3.05, 3.63) is 17.8 Å². The van der Waals surface area contributed by atoms with Crippen molar-refractivity contribution in [2.75, 3.05) is 26.0 Å². The van der Waals surface area contributed by atoms with Crippen molar-refractivity contribution in [3.63, 3.8) is 0 Å². The first kappa shape index (κ1) is 12.4. The molecule has 0 radical (unpaired) electrons. The molecule has 6 nitrogen and oxygen atoms in total. The average molecular weight is 224 g/mol. The van der Waals surface area contributed by atoms with E-state index in [1.54, 1.807) is 6.07 Å². The number of carboxylic acid groups (broad SMARTS) is 1. The smallest absolute Gasteiger partial charge is 0.356 e. The normalized spacial score (nSPS) is 12.5. The minimum Gasteiger partial charge on any atom is -0.476 e. The summed E-state index contributed by atoms with van der Waals surface area (Å²) >= 11 is 0. The Labute approximate surface area is 94.3 Å². The number of nitrogens with zero attached hydrogens (tertiary/aromatic N) is 3. The Morgan fingerprint density at radius 3 is 2.62 bits per heavy atom. The summed E-state index contributed by atoms with van der Waals surface area (Å²) in [5.41, 5.74) is -0.0502. The molecule has 1 aromatic rings. The van der Waals surface area contributed by atoms with Crippen LogP contribution in [0.1, 0.15) is 17.4 Å². The molecule has 1 unspecified atom stereocenters. The van der Waals surface area contributed by atoms with Crippen molar-refractivity contribution in [1.82, 2.24) is 15.1 Å². The predicted octanol–water partition coefficient (Wildman–Crippen LogP) is 0.537. The number of carbonyl (C=O) groups is 1. The van der Waals surface area contributed by atoms with Crippen LogP contribution in [0.15, 0.2) is 12.1 Å². The van der Waals surface area contributed by atoms with Gasteiger partial charge in [0.05, 0.1) is 0 Å². The van der Waals surface area contributed by atoms with E-state index in [0.717, 1.165) is 6.54 Å². The Morgan fingerprint density at radius 1 is 1.50 bits per heavy atom. The molecule has 0 aliphatic heterocycles. The number of hydrogen-bond acceptors (Lipinski definition) is 5. The first-order chi connectivity index (χ1) is 7.49. The highest BCUT2D eigenvalue weighted by Gasteiger charge is 2.07. The summed E-state index contributed by atoms with van der Waals surface area (Å²) in [5.74, 6) is -0.486. The lowest BCUT2D eigenvalue weighted by atomic mass is 10.3. The van der Waals surface area contributed by atoms with Gasteiger partial charge in [-0.15, -0.1) is 10.2 Å². The van der Waals surface area contributed by atoms with E-state index in [2.05, 4.69) is 20.4 Å². The Hall–Kier alpha value is -1.69. The van der Waals surface area contributed by atoms with Gasteiger partial charge in [-0.3, -0.25) is 0 Å². The largest absolute Gasteiger partial charge is 0.476 e. The van der Waals surface area contributed by atoms with Crippen LogP contribution >= 0.6 is 0 Å². The third-order valence-electron chi connectivity index (χ3n) is 1.92. The van der Waals surface area contributed by atoms with E-state index in [0.29, 0.717) is 5.82 Å². The fourth-order valence-corrected chi connectivity index (χ4v) is 1.37. The van der Waals surface area contributed by atoms with Crippen molar-refractivity contribution in [2.24, 2.45) is 0 Å². The molecule has 0 saturated heterocycles. The monoisotopic (exact) mass is 224 g/mol. The number of aromatic carboxylic acids is 1. The molecule has 2 N–H and O–H groups in total. The lowest BCUT2D eigenvalue weighted by Gasteiger charge is -2.18. The van der Waals surface area contributed by atoms with Gasteiger partial charge in [-0.05, 0) is 33.2 Å². The molecular formula is C10H16N4O2. The second-order valence-electron chi connectivity index (χ2n) is 3.92. The van der Waals surface area contributed by atoms with E-state index >= 15 is 0 Å². The molecule has 1 aromatic heterocycles. The summed E-state index contributed by atoms with van der Waals surface area (Å²) in [6.45, 7) is 2.88. The molecule has 0 saturated carbocycles. The van der Waals surface area contributed by atoms with Crippen LogP contribution < -0.4 is 5.32 Å². The van der Waals surface area contributed by atoms with Crippen LogP contribution in [0.25, 0.3) is 0 Å². The zero-order chi connectivity index (χ0) is 12.1. The first-order valence-electron chi connectivity index (χ1n) is 4.97. The van der Waals surface area contributed by atoms with Gasteiger partial charge in [0.2, 0.25) is 0 Å². The minimum atomic E-state index is -1.07. The van der Waals surface area contributed by atoms with Gasteiger partial charge < -0.3 is 15.3 Å². The number of nitrogens with one attached hydrogen (secondary N) is 1. The fourth-order valence-electron chi connectivity index (χ4n) is 1.37. The molecule has 0 aliphatic carbocycles. The quantitative estimate of drug-likeness (QED) is 0.760. The standard InChI is InChI=1S/C10H16N4O2/c1-7(6-14(2)3)11-9-5-4-8(10(15)16)12-13-9/h4-5,7H,6H2,1-3H3,(H,11,13)(H,15,16). The van der Waals surface area contributed by atoms with Gasteiger partial charge in [-0.25, -0.2) is 4.79 Å². The van der Waals surface area contributed by atoms with E-state index in [-0.39, 0.29) is 11.7 Å². The highest BCUT2D eigenvalue weighted by molar-refractivity contribution is 5.85. The summed E-state index contributed by atoms with van der Waals surface area (Å²) in [5, 5.41) is 19.1. The number of aromatic nitrogens is 2. The number of likely N-dealkylation sites (N-methyl/N-ethyl adjacent to an activating group) is 1. The minimum absolute atomic E-state index is 0.0502. The van der Waals surface area contributed by atoms with Crippen molar-refractivity contribution in [1.29, 1.82) is 0 Å². The van der Waals surface area contributed by atoms with Crippen LogP contribution in [0, 0.1) is 0 Å². The molecule has 0 amide bonds. The topological polar surface area (TPSA) is 78.4 Å². The molecule has 16 heavy (non-hydrogen) atoms. The second kappa shape index (κ2) is 5.41. The summed E-state index contributed by atoms with van der Waals surface area (Å²) in [4.78, 5) is 12.6. The van der Waals surface area contributed by atoms with E-state index in [1.165, 1.54) is 6.07 Å². The lowest BCUT2D eigenvalue weighted by molar-refractivity contribution is 0.0689. The maximum absolute atomic E-state index is 10.6. The zero-order valence-corrected chi connectivity index (χ0v) is 9.64. The van der Waals surface area contributed by atoms with Gasteiger partial charge in [-0.2, -0.15) is 0 Å². The lowest BCUT2D eigenvalue weighted by Crippen LogP contribution is -2.30. The van der Waals surface area contributed by atoms with Crippen molar-refractivity contribution < 1.29 is 9.90 Å². The second-order valence-corrected chi connectivity index (χ2v) is 3.92. The SMILES string of the molecule is CC(CN(C)C)Nc1ccc(C(=O)O)nn1. The van der Waals surface area contributed by atoms with E-state index < -0.39 is 5.97 Å². The molecular weight excluding hydrogens is 208 g/mol. The molecule has 0 bridgehead atoms. The van der Waals surface area contributed by atoms with Crippen molar-refractivity contribution >= 4 is 11.8 Å². The summed E-state index contributed by atoms with van der Waals surface area (Å²) in [6, 6.07) is 3.27. The summed E-state index contributed by atoms with van der Waals surface area (Å²) in [7, 11) is 3.97. The molecule has 0 aromatic carbocycles. The molecule has 1 atom stereocenters. The maximum atomic E-state index is 10.6. The van der Waals surface area contributed by atoms with Gasteiger partial charge >= 0.3 is 5.97 Å². The third-order valence-corrected chi connectivity index (χ3v) is 1.92.